The lowest BCUT2D eigenvalue weighted by molar-refractivity contribution is -0.101. The number of hydrogen-bond acceptors (Lipinski definition) is 7. The summed E-state index contributed by atoms with van der Waals surface area (Å²) in [4.78, 5) is 12.9. The van der Waals surface area contributed by atoms with Crippen LogP contribution in [0.25, 0.3) is 11.3 Å². The Balaban J connectivity index is 1.72. The van der Waals surface area contributed by atoms with Crippen molar-refractivity contribution < 1.29 is 40.0 Å². The van der Waals surface area contributed by atoms with E-state index in [0.717, 1.165) is 11.6 Å². The molecular weight excluding hydrogens is 479 g/mol. The van der Waals surface area contributed by atoms with Crippen LogP contribution in [0.4, 0.5) is 13.2 Å². The highest BCUT2D eigenvalue weighted by atomic mass is 32.2. The molecule has 0 unspecified atom stereocenters. The van der Waals surface area contributed by atoms with Crippen LogP contribution in [0.3, 0.4) is 0 Å². The van der Waals surface area contributed by atoms with Gasteiger partial charge in [0.25, 0.3) is 5.56 Å². The number of hydrogen-bond donors (Lipinski definition) is 0. The Labute approximate surface area is 194 Å². The first kappa shape index (κ1) is 24.6. The Hall–Kier alpha value is -2.57. The van der Waals surface area contributed by atoms with E-state index < -0.39 is 21.4 Å². The summed E-state index contributed by atoms with van der Waals surface area (Å²) in [7, 11) is -5.79. The van der Waals surface area contributed by atoms with E-state index >= 15 is 0 Å². The molecule has 0 N–H and O–H groups in total. The van der Waals surface area contributed by atoms with E-state index in [9.17, 15) is 26.4 Å². The summed E-state index contributed by atoms with van der Waals surface area (Å²) in [5, 5.41) is 0. The summed E-state index contributed by atoms with van der Waals surface area (Å²) in [6.07, 6.45) is 0.0476. The fraction of sp³-hybridized carbons (Fsp3) is 0.500. The van der Waals surface area contributed by atoms with Gasteiger partial charge in [-0.05, 0) is 36.1 Å². The number of aryl methyl sites for hydroxylation is 1. The Morgan fingerprint density at radius 1 is 1.21 bits per heavy atom. The fourth-order valence-corrected chi connectivity index (χ4v) is 4.56. The highest BCUT2D eigenvalue weighted by Crippen LogP contribution is 2.40. The van der Waals surface area contributed by atoms with Crippen LogP contribution in [0.5, 0.6) is 11.5 Å². The summed E-state index contributed by atoms with van der Waals surface area (Å²) >= 11 is 0. The van der Waals surface area contributed by atoms with Gasteiger partial charge >= 0.3 is 15.6 Å². The van der Waals surface area contributed by atoms with Gasteiger partial charge in [-0.1, -0.05) is 13.8 Å². The zero-order chi connectivity index (χ0) is 24.7. The largest absolute Gasteiger partial charge is 0.534 e. The minimum atomic E-state index is -5.79. The number of alkyl halides is 3. The van der Waals surface area contributed by atoms with E-state index in [1.807, 2.05) is 13.8 Å². The lowest BCUT2D eigenvalue weighted by atomic mass is 9.89. The number of ether oxygens (including phenoxy) is 3. The second-order valence-electron chi connectivity index (χ2n) is 8.35. The molecule has 186 valence electrons. The molecule has 0 amide bonds. The summed E-state index contributed by atoms with van der Waals surface area (Å²) in [6.45, 7) is 5.70. The van der Waals surface area contributed by atoms with Crippen molar-refractivity contribution >= 4 is 10.1 Å². The molecule has 3 heterocycles. The number of rotatable bonds is 6. The van der Waals surface area contributed by atoms with Gasteiger partial charge in [0.1, 0.15) is 24.2 Å². The summed E-state index contributed by atoms with van der Waals surface area (Å²) in [5.74, 6) is -0.110. The van der Waals surface area contributed by atoms with Crippen LogP contribution in [0.2, 0.25) is 0 Å². The monoisotopic (exact) mass is 503 g/mol. The SMILES string of the molecule is CC(C)c1c(OC[C@@H]2COCCO2)cc(=O)n2c1-c1ccc(OS(=O)(=O)C(F)(F)F)cc1CC2. The van der Waals surface area contributed by atoms with E-state index in [0.29, 0.717) is 48.8 Å². The molecule has 34 heavy (non-hydrogen) atoms. The number of nitrogens with zero attached hydrogens (tertiary/aromatic N) is 1. The fourth-order valence-electron chi connectivity index (χ4n) is 4.11. The van der Waals surface area contributed by atoms with Crippen LogP contribution in [-0.4, -0.2) is 51.0 Å². The molecule has 2 aromatic rings. The number of halogens is 3. The molecule has 1 atom stereocenters. The van der Waals surface area contributed by atoms with Crippen molar-refractivity contribution in [1.29, 1.82) is 0 Å². The number of fused-ring (bicyclic) bond motifs is 3. The van der Waals surface area contributed by atoms with Crippen molar-refractivity contribution in [3.05, 3.63) is 45.7 Å². The molecule has 4 rings (SSSR count). The second-order valence-corrected chi connectivity index (χ2v) is 9.88. The maximum atomic E-state index is 12.9. The van der Waals surface area contributed by atoms with Gasteiger partial charge in [-0.15, -0.1) is 0 Å². The highest BCUT2D eigenvalue weighted by molar-refractivity contribution is 7.88. The van der Waals surface area contributed by atoms with Crippen molar-refractivity contribution in [1.82, 2.24) is 4.57 Å². The lowest BCUT2D eigenvalue weighted by Gasteiger charge is -2.29. The molecule has 2 aliphatic rings. The summed E-state index contributed by atoms with van der Waals surface area (Å²) in [6, 6.07) is 5.31. The minimum absolute atomic E-state index is 0.0622. The maximum Gasteiger partial charge on any atom is 0.534 e. The number of pyridine rings is 1. The smallest absolute Gasteiger partial charge is 0.490 e. The third-order valence-electron chi connectivity index (χ3n) is 5.62. The molecule has 12 heteroatoms. The first-order chi connectivity index (χ1) is 16.0. The molecule has 0 aliphatic carbocycles. The molecule has 2 aliphatic heterocycles. The first-order valence-corrected chi connectivity index (χ1v) is 12.1. The minimum Gasteiger partial charge on any atom is -0.490 e. The zero-order valence-corrected chi connectivity index (χ0v) is 19.4. The molecule has 0 saturated carbocycles. The molecule has 1 aromatic heterocycles. The van der Waals surface area contributed by atoms with Gasteiger partial charge in [0.2, 0.25) is 0 Å². The van der Waals surface area contributed by atoms with Gasteiger partial charge in [-0.3, -0.25) is 4.79 Å². The van der Waals surface area contributed by atoms with Gasteiger partial charge in [-0.2, -0.15) is 21.6 Å². The quantitative estimate of drug-likeness (QED) is 0.442. The third kappa shape index (κ3) is 4.80. The van der Waals surface area contributed by atoms with Crippen LogP contribution >= 0.6 is 0 Å². The van der Waals surface area contributed by atoms with E-state index in [4.69, 9.17) is 14.2 Å². The van der Waals surface area contributed by atoms with Crippen molar-refractivity contribution in [2.45, 2.75) is 44.3 Å². The Bertz CT molecular complexity index is 1230. The predicted octanol–water partition coefficient (Wildman–Crippen LogP) is 3.22. The van der Waals surface area contributed by atoms with Crippen molar-refractivity contribution in [3.8, 4) is 22.8 Å². The molecule has 1 aromatic carbocycles. The average Bonchev–Trinajstić information content (AvgIpc) is 2.76. The van der Waals surface area contributed by atoms with Gasteiger partial charge < -0.3 is 23.0 Å². The highest BCUT2D eigenvalue weighted by Gasteiger charge is 2.48. The van der Waals surface area contributed by atoms with Gasteiger partial charge in [0.15, 0.2) is 0 Å². The summed E-state index contributed by atoms with van der Waals surface area (Å²) in [5.41, 5.74) is -3.30. The van der Waals surface area contributed by atoms with Gasteiger partial charge in [0, 0.05) is 23.7 Å². The lowest BCUT2D eigenvalue weighted by Crippen LogP contribution is -2.34. The molecule has 0 bridgehead atoms. The Kier molecular flexibility index (Phi) is 6.67. The Morgan fingerprint density at radius 2 is 1.97 bits per heavy atom. The molecule has 1 saturated heterocycles. The predicted molar refractivity (Wildman–Crippen MR) is 116 cm³/mol. The molecule has 1 fully saturated rings. The van der Waals surface area contributed by atoms with Crippen LogP contribution in [0, 0.1) is 0 Å². The zero-order valence-electron chi connectivity index (χ0n) is 18.6. The molecule has 0 radical (unpaired) electrons. The topological polar surface area (TPSA) is 93.1 Å². The van der Waals surface area contributed by atoms with Crippen molar-refractivity contribution in [2.75, 3.05) is 26.4 Å². The van der Waals surface area contributed by atoms with Crippen LogP contribution < -0.4 is 14.5 Å². The molecule has 0 spiro atoms. The third-order valence-corrected chi connectivity index (χ3v) is 6.60. The normalized spacial score (nSPS) is 18.4. The first-order valence-electron chi connectivity index (χ1n) is 10.7. The van der Waals surface area contributed by atoms with Crippen molar-refractivity contribution in [2.24, 2.45) is 0 Å². The Morgan fingerprint density at radius 3 is 2.62 bits per heavy atom. The van der Waals surface area contributed by atoms with E-state index in [1.165, 1.54) is 18.2 Å². The number of aromatic nitrogens is 1. The standard InChI is InChI=1S/C22H24F3NO7S/c1-13(2)20-18(32-12-16-11-30-7-8-31-16)10-19(27)26-6-5-14-9-15(3-4-17(14)21(20)26)33-34(28,29)22(23,24)25/h3-4,9-10,13,16H,5-8,11-12H2,1-2H3/t16-/m0/s1. The van der Waals surface area contributed by atoms with E-state index in [-0.39, 0.29) is 30.7 Å². The van der Waals surface area contributed by atoms with Crippen molar-refractivity contribution in [3.63, 3.8) is 0 Å². The van der Waals surface area contributed by atoms with Crippen LogP contribution in [0.15, 0.2) is 29.1 Å². The summed E-state index contributed by atoms with van der Waals surface area (Å²) < 4.78 is 83.8. The molecule has 8 nitrogen and oxygen atoms in total. The average molecular weight is 503 g/mol. The van der Waals surface area contributed by atoms with E-state index in [1.54, 1.807) is 4.57 Å². The maximum absolute atomic E-state index is 12.9. The van der Waals surface area contributed by atoms with E-state index in [2.05, 4.69) is 4.18 Å². The molecular formula is C22H24F3NO7S. The van der Waals surface area contributed by atoms with Gasteiger partial charge in [0.05, 0.1) is 25.5 Å². The second kappa shape index (κ2) is 9.23. The van der Waals surface area contributed by atoms with Crippen LogP contribution in [0.1, 0.15) is 30.9 Å². The number of benzene rings is 1. The van der Waals surface area contributed by atoms with Gasteiger partial charge in [-0.25, -0.2) is 0 Å². The van der Waals surface area contributed by atoms with Crippen LogP contribution in [-0.2, 0) is 32.6 Å².